The SMILES string of the molecule is Cc1cnc(NCC2CCC(N)CC2)nc1. The number of rotatable bonds is 3. The van der Waals surface area contributed by atoms with Gasteiger partial charge in [0, 0.05) is 25.0 Å². The first-order valence-corrected chi connectivity index (χ1v) is 6.02. The molecule has 1 aliphatic carbocycles. The highest BCUT2D eigenvalue weighted by Gasteiger charge is 2.18. The number of nitrogens with zero attached hydrogens (tertiary/aromatic N) is 2. The van der Waals surface area contributed by atoms with E-state index < -0.39 is 0 Å². The van der Waals surface area contributed by atoms with Gasteiger partial charge in [0.2, 0.25) is 5.95 Å². The van der Waals surface area contributed by atoms with Crippen LogP contribution in [0.15, 0.2) is 12.4 Å². The summed E-state index contributed by atoms with van der Waals surface area (Å²) in [5.74, 6) is 1.46. The van der Waals surface area contributed by atoms with Gasteiger partial charge < -0.3 is 11.1 Å². The van der Waals surface area contributed by atoms with Crippen LogP contribution in [0, 0.1) is 12.8 Å². The molecule has 0 spiro atoms. The molecule has 1 aliphatic rings. The van der Waals surface area contributed by atoms with Crippen molar-refractivity contribution in [2.24, 2.45) is 11.7 Å². The Bertz CT molecular complexity index is 314. The Morgan fingerprint density at radius 1 is 1.25 bits per heavy atom. The molecule has 0 radical (unpaired) electrons. The highest BCUT2D eigenvalue weighted by atomic mass is 15.1. The summed E-state index contributed by atoms with van der Waals surface area (Å²) in [6.45, 7) is 2.96. The number of nitrogens with one attached hydrogen (secondary N) is 1. The average molecular weight is 220 g/mol. The highest BCUT2D eigenvalue weighted by Crippen LogP contribution is 2.22. The van der Waals surface area contributed by atoms with Gasteiger partial charge in [0.05, 0.1) is 0 Å². The zero-order chi connectivity index (χ0) is 11.4. The number of anilines is 1. The highest BCUT2D eigenvalue weighted by molar-refractivity contribution is 5.24. The van der Waals surface area contributed by atoms with Crippen molar-refractivity contribution in [2.75, 3.05) is 11.9 Å². The van der Waals surface area contributed by atoms with Crippen molar-refractivity contribution in [1.29, 1.82) is 0 Å². The van der Waals surface area contributed by atoms with E-state index in [0.29, 0.717) is 6.04 Å². The third-order valence-corrected chi connectivity index (χ3v) is 3.22. The van der Waals surface area contributed by atoms with E-state index in [-0.39, 0.29) is 0 Å². The Morgan fingerprint density at radius 2 is 1.88 bits per heavy atom. The predicted molar refractivity (Wildman–Crippen MR) is 65.2 cm³/mol. The summed E-state index contributed by atoms with van der Waals surface area (Å²) in [5, 5.41) is 3.29. The number of hydrogen-bond acceptors (Lipinski definition) is 4. The monoisotopic (exact) mass is 220 g/mol. The van der Waals surface area contributed by atoms with Crippen LogP contribution in [0.3, 0.4) is 0 Å². The van der Waals surface area contributed by atoms with Gasteiger partial charge in [0.15, 0.2) is 0 Å². The Labute approximate surface area is 96.7 Å². The molecule has 0 bridgehead atoms. The molecular formula is C12H20N4. The molecule has 0 atom stereocenters. The van der Waals surface area contributed by atoms with Gasteiger partial charge in [-0.25, -0.2) is 9.97 Å². The molecule has 4 heteroatoms. The van der Waals surface area contributed by atoms with E-state index >= 15 is 0 Å². The zero-order valence-electron chi connectivity index (χ0n) is 9.82. The Balaban J connectivity index is 1.77. The van der Waals surface area contributed by atoms with Crippen LogP contribution in [0.5, 0.6) is 0 Å². The van der Waals surface area contributed by atoms with Crippen LogP contribution >= 0.6 is 0 Å². The number of aromatic nitrogens is 2. The summed E-state index contributed by atoms with van der Waals surface area (Å²) in [6.07, 6.45) is 8.43. The van der Waals surface area contributed by atoms with Gasteiger partial charge in [-0.05, 0) is 44.1 Å². The summed E-state index contributed by atoms with van der Waals surface area (Å²) in [7, 11) is 0. The fraction of sp³-hybridized carbons (Fsp3) is 0.667. The first-order chi connectivity index (χ1) is 7.74. The normalized spacial score (nSPS) is 25.4. The van der Waals surface area contributed by atoms with Crippen molar-refractivity contribution in [1.82, 2.24) is 9.97 Å². The van der Waals surface area contributed by atoms with Crippen LogP contribution in [-0.4, -0.2) is 22.6 Å². The summed E-state index contributed by atoms with van der Waals surface area (Å²) in [4.78, 5) is 8.46. The van der Waals surface area contributed by atoms with E-state index in [1.54, 1.807) is 0 Å². The molecule has 3 N–H and O–H groups in total. The van der Waals surface area contributed by atoms with Crippen molar-refractivity contribution in [3.05, 3.63) is 18.0 Å². The lowest BCUT2D eigenvalue weighted by Crippen LogP contribution is -2.29. The van der Waals surface area contributed by atoms with Gasteiger partial charge >= 0.3 is 0 Å². The second-order valence-electron chi connectivity index (χ2n) is 4.75. The quantitative estimate of drug-likeness (QED) is 0.814. The molecule has 1 aromatic heterocycles. The number of aryl methyl sites for hydroxylation is 1. The standard InChI is InChI=1S/C12H20N4/c1-9-6-14-12(15-7-9)16-8-10-2-4-11(13)5-3-10/h6-7,10-11H,2-5,8,13H2,1H3,(H,14,15,16). The minimum Gasteiger partial charge on any atom is -0.354 e. The van der Waals surface area contributed by atoms with Crippen LogP contribution in [0.1, 0.15) is 31.2 Å². The van der Waals surface area contributed by atoms with Crippen LogP contribution in [0.4, 0.5) is 5.95 Å². The molecule has 16 heavy (non-hydrogen) atoms. The Morgan fingerprint density at radius 3 is 2.50 bits per heavy atom. The van der Waals surface area contributed by atoms with Crippen LogP contribution in [0.25, 0.3) is 0 Å². The van der Waals surface area contributed by atoms with Crippen molar-refractivity contribution in [3.63, 3.8) is 0 Å². The summed E-state index contributed by atoms with van der Waals surface area (Å²) >= 11 is 0. The molecule has 4 nitrogen and oxygen atoms in total. The van der Waals surface area contributed by atoms with Gasteiger partial charge in [-0.2, -0.15) is 0 Å². The van der Waals surface area contributed by atoms with Gasteiger partial charge in [-0.3, -0.25) is 0 Å². The molecule has 2 rings (SSSR count). The maximum Gasteiger partial charge on any atom is 0.222 e. The maximum atomic E-state index is 5.88. The van der Waals surface area contributed by atoms with Crippen molar-refractivity contribution in [2.45, 2.75) is 38.6 Å². The van der Waals surface area contributed by atoms with E-state index in [2.05, 4.69) is 15.3 Å². The lowest BCUT2D eigenvalue weighted by molar-refractivity contribution is 0.338. The minimum absolute atomic E-state index is 0.423. The molecule has 1 fully saturated rings. The first kappa shape index (κ1) is 11.3. The van der Waals surface area contributed by atoms with Crippen LogP contribution in [0.2, 0.25) is 0 Å². The minimum atomic E-state index is 0.423. The average Bonchev–Trinajstić information content (AvgIpc) is 2.30. The molecule has 1 saturated carbocycles. The van der Waals surface area contributed by atoms with Gasteiger partial charge in [0.1, 0.15) is 0 Å². The first-order valence-electron chi connectivity index (χ1n) is 6.02. The van der Waals surface area contributed by atoms with Crippen LogP contribution < -0.4 is 11.1 Å². The molecule has 1 heterocycles. The van der Waals surface area contributed by atoms with E-state index in [1.165, 1.54) is 12.8 Å². The zero-order valence-corrected chi connectivity index (χ0v) is 9.82. The topological polar surface area (TPSA) is 63.8 Å². The molecule has 0 amide bonds. The van der Waals surface area contributed by atoms with Crippen molar-refractivity contribution in [3.8, 4) is 0 Å². The molecule has 1 aromatic rings. The number of hydrogen-bond donors (Lipinski definition) is 2. The van der Waals surface area contributed by atoms with Crippen molar-refractivity contribution < 1.29 is 0 Å². The molecule has 0 unspecified atom stereocenters. The number of nitrogens with two attached hydrogens (primary N) is 1. The Hall–Kier alpha value is -1.16. The molecule has 0 aliphatic heterocycles. The second-order valence-corrected chi connectivity index (χ2v) is 4.75. The third kappa shape index (κ3) is 3.17. The molecule has 0 saturated heterocycles. The molecule has 88 valence electrons. The van der Waals surface area contributed by atoms with Gasteiger partial charge in [-0.1, -0.05) is 0 Å². The van der Waals surface area contributed by atoms with Gasteiger partial charge in [-0.15, -0.1) is 0 Å². The summed E-state index contributed by atoms with van der Waals surface area (Å²) < 4.78 is 0. The fourth-order valence-corrected chi connectivity index (χ4v) is 2.11. The lowest BCUT2D eigenvalue weighted by Gasteiger charge is -2.26. The molecular weight excluding hydrogens is 200 g/mol. The van der Waals surface area contributed by atoms with E-state index in [9.17, 15) is 0 Å². The maximum absolute atomic E-state index is 5.88. The summed E-state index contributed by atoms with van der Waals surface area (Å²) in [6, 6.07) is 0.423. The predicted octanol–water partition coefficient (Wildman–Crippen LogP) is 1.71. The summed E-state index contributed by atoms with van der Waals surface area (Å²) in [5.41, 5.74) is 6.97. The molecule has 0 aromatic carbocycles. The van der Waals surface area contributed by atoms with Crippen LogP contribution in [-0.2, 0) is 0 Å². The smallest absolute Gasteiger partial charge is 0.222 e. The van der Waals surface area contributed by atoms with E-state index in [4.69, 9.17) is 5.73 Å². The fourth-order valence-electron chi connectivity index (χ4n) is 2.11. The largest absolute Gasteiger partial charge is 0.354 e. The van der Waals surface area contributed by atoms with E-state index in [1.807, 2.05) is 19.3 Å². The van der Waals surface area contributed by atoms with Gasteiger partial charge in [0.25, 0.3) is 0 Å². The third-order valence-electron chi connectivity index (χ3n) is 3.22. The van der Waals surface area contributed by atoms with Crippen molar-refractivity contribution >= 4 is 5.95 Å². The second kappa shape index (κ2) is 5.25. The van der Waals surface area contributed by atoms with E-state index in [0.717, 1.165) is 36.8 Å². The Kier molecular flexibility index (Phi) is 3.72. The lowest BCUT2D eigenvalue weighted by atomic mass is 9.86.